The number of carbonyl (C=O) groups is 1. The summed E-state index contributed by atoms with van der Waals surface area (Å²) in [5, 5.41) is 2.63. The standard InChI is InChI=1S/C19H22FNO3/c1-14(2)12-23-17-9-7-15(8-10-17)11-21-19(22)24-13-16-5-3-4-6-18(16)20/h3-10,14H,11-13H2,1-2H3,(H,21,22). The molecule has 2 aromatic rings. The smallest absolute Gasteiger partial charge is 0.407 e. The number of halogens is 1. The zero-order valence-corrected chi connectivity index (χ0v) is 13.9. The van der Waals surface area contributed by atoms with Crippen molar-refractivity contribution in [3.8, 4) is 5.75 Å². The van der Waals surface area contributed by atoms with Crippen molar-refractivity contribution in [2.24, 2.45) is 5.92 Å². The fraction of sp³-hybridized carbons (Fsp3) is 0.316. The first-order valence-corrected chi connectivity index (χ1v) is 7.90. The first kappa shape index (κ1) is 17.8. The molecule has 1 amide bonds. The van der Waals surface area contributed by atoms with Gasteiger partial charge in [-0.2, -0.15) is 0 Å². The predicted octanol–water partition coefficient (Wildman–Crippen LogP) is 4.29. The molecule has 0 fully saturated rings. The van der Waals surface area contributed by atoms with Crippen molar-refractivity contribution in [2.45, 2.75) is 27.0 Å². The van der Waals surface area contributed by atoms with E-state index in [1.165, 1.54) is 6.07 Å². The van der Waals surface area contributed by atoms with Crippen LogP contribution >= 0.6 is 0 Å². The van der Waals surface area contributed by atoms with Crippen LogP contribution in [-0.2, 0) is 17.9 Å². The van der Waals surface area contributed by atoms with Gasteiger partial charge in [-0.1, -0.05) is 44.2 Å². The summed E-state index contributed by atoms with van der Waals surface area (Å²) in [5.74, 6) is 0.882. The fourth-order valence-corrected chi connectivity index (χ4v) is 1.95. The van der Waals surface area contributed by atoms with Gasteiger partial charge in [-0.3, -0.25) is 0 Å². The Bertz CT molecular complexity index is 656. The molecule has 0 aliphatic heterocycles. The van der Waals surface area contributed by atoms with Crippen LogP contribution in [0, 0.1) is 11.7 Å². The molecule has 0 atom stereocenters. The minimum atomic E-state index is -0.585. The number of hydrogen-bond acceptors (Lipinski definition) is 3. The Morgan fingerprint density at radius 1 is 1.12 bits per heavy atom. The van der Waals surface area contributed by atoms with E-state index in [0.29, 0.717) is 24.6 Å². The molecule has 0 spiro atoms. The van der Waals surface area contributed by atoms with Gasteiger partial charge in [0.25, 0.3) is 0 Å². The lowest BCUT2D eigenvalue weighted by Gasteiger charge is -2.10. The molecule has 1 N–H and O–H groups in total. The Morgan fingerprint density at radius 3 is 2.50 bits per heavy atom. The second kappa shape index (κ2) is 8.91. The zero-order valence-electron chi connectivity index (χ0n) is 13.9. The van der Waals surface area contributed by atoms with Gasteiger partial charge in [-0.25, -0.2) is 9.18 Å². The molecule has 2 rings (SSSR count). The SMILES string of the molecule is CC(C)COc1ccc(CNC(=O)OCc2ccccc2F)cc1. The second-order valence-corrected chi connectivity index (χ2v) is 5.87. The quantitative estimate of drug-likeness (QED) is 0.823. The molecule has 0 saturated carbocycles. The molecule has 128 valence electrons. The summed E-state index contributed by atoms with van der Waals surface area (Å²) in [4.78, 5) is 11.7. The number of alkyl carbamates (subject to hydrolysis) is 1. The van der Waals surface area contributed by atoms with Crippen LogP contribution in [0.2, 0.25) is 0 Å². The number of rotatable bonds is 7. The predicted molar refractivity (Wildman–Crippen MR) is 90.2 cm³/mol. The van der Waals surface area contributed by atoms with E-state index in [-0.39, 0.29) is 12.4 Å². The van der Waals surface area contributed by atoms with Crippen LogP contribution in [0.1, 0.15) is 25.0 Å². The van der Waals surface area contributed by atoms with Gasteiger partial charge in [0.05, 0.1) is 6.61 Å². The van der Waals surface area contributed by atoms with Crippen molar-refractivity contribution in [1.29, 1.82) is 0 Å². The van der Waals surface area contributed by atoms with Crippen LogP contribution in [0.5, 0.6) is 5.75 Å². The molecule has 0 aromatic heterocycles. The number of ether oxygens (including phenoxy) is 2. The van der Waals surface area contributed by atoms with Gasteiger partial charge in [0.2, 0.25) is 0 Å². The third-order valence-electron chi connectivity index (χ3n) is 3.26. The van der Waals surface area contributed by atoms with Gasteiger partial charge in [0, 0.05) is 12.1 Å². The molecule has 0 bridgehead atoms. The maximum absolute atomic E-state index is 13.4. The molecule has 0 aliphatic carbocycles. The summed E-state index contributed by atoms with van der Waals surface area (Å²) in [6, 6.07) is 13.7. The molecule has 0 unspecified atom stereocenters. The van der Waals surface area contributed by atoms with Crippen molar-refractivity contribution < 1.29 is 18.7 Å². The lowest BCUT2D eigenvalue weighted by molar-refractivity contribution is 0.138. The highest BCUT2D eigenvalue weighted by Crippen LogP contribution is 2.13. The van der Waals surface area contributed by atoms with Crippen LogP contribution in [0.15, 0.2) is 48.5 Å². The largest absolute Gasteiger partial charge is 0.493 e. The van der Waals surface area contributed by atoms with E-state index in [2.05, 4.69) is 19.2 Å². The van der Waals surface area contributed by atoms with E-state index >= 15 is 0 Å². The Morgan fingerprint density at radius 2 is 1.83 bits per heavy atom. The first-order valence-electron chi connectivity index (χ1n) is 7.90. The van der Waals surface area contributed by atoms with Crippen LogP contribution in [0.3, 0.4) is 0 Å². The minimum Gasteiger partial charge on any atom is -0.493 e. The van der Waals surface area contributed by atoms with Crippen molar-refractivity contribution in [2.75, 3.05) is 6.61 Å². The van der Waals surface area contributed by atoms with E-state index in [9.17, 15) is 9.18 Å². The molecule has 5 heteroatoms. The van der Waals surface area contributed by atoms with E-state index in [1.807, 2.05) is 24.3 Å². The van der Waals surface area contributed by atoms with Crippen LogP contribution in [0.25, 0.3) is 0 Å². The minimum absolute atomic E-state index is 0.0967. The third-order valence-corrected chi connectivity index (χ3v) is 3.26. The van der Waals surface area contributed by atoms with Gasteiger partial charge in [0.1, 0.15) is 18.2 Å². The molecule has 4 nitrogen and oxygen atoms in total. The fourth-order valence-electron chi connectivity index (χ4n) is 1.95. The molecular formula is C19H22FNO3. The molecule has 0 heterocycles. The van der Waals surface area contributed by atoms with Crippen LogP contribution in [0.4, 0.5) is 9.18 Å². The normalized spacial score (nSPS) is 10.5. The van der Waals surface area contributed by atoms with Crippen molar-refractivity contribution in [3.05, 3.63) is 65.5 Å². The average molecular weight is 331 g/mol. The van der Waals surface area contributed by atoms with Gasteiger partial charge in [-0.05, 0) is 29.7 Å². The summed E-state index contributed by atoms with van der Waals surface area (Å²) in [6.07, 6.45) is -0.585. The lowest BCUT2D eigenvalue weighted by atomic mass is 10.2. The third kappa shape index (κ3) is 5.91. The molecular weight excluding hydrogens is 309 g/mol. The zero-order chi connectivity index (χ0) is 17.4. The number of amides is 1. The maximum Gasteiger partial charge on any atom is 0.407 e. The van der Waals surface area contributed by atoms with Crippen molar-refractivity contribution in [1.82, 2.24) is 5.32 Å². The summed E-state index contributed by atoms with van der Waals surface area (Å²) in [5.41, 5.74) is 1.27. The highest BCUT2D eigenvalue weighted by molar-refractivity contribution is 5.67. The number of carbonyl (C=O) groups excluding carboxylic acids is 1. The van der Waals surface area contributed by atoms with E-state index < -0.39 is 6.09 Å². The van der Waals surface area contributed by atoms with Gasteiger partial charge in [-0.15, -0.1) is 0 Å². The second-order valence-electron chi connectivity index (χ2n) is 5.87. The van der Waals surface area contributed by atoms with E-state index in [1.54, 1.807) is 18.2 Å². The average Bonchev–Trinajstić information content (AvgIpc) is 2.58. The molecule has 24 heavy (non-hydrogen) atoms. The lowest BCUT2D eigenvalue weighted by Crippen LogP contribution is -2.23. The van der Waals surface area contributed by atoms with E-state index in [4.69, 9.17) is 9.47 Å². The molecule has 0 saturated heterocycles. The Hall–Kier alpha value is -2.56. The van der Waals surface area contributed by atoms with Gasteiger partial charge >= 0.3 is 6.09 Å². The number of hydrogen-bond donors (Lipinski definition) is 1. The molecule has 0 aliphatic rings. The monoisotopic (exact) mass is 331 g/mol. The topological polar surface area (TPSA) is 47.6 Å². The number of nitrogens with one attached hydrogen (secondary N) is 1. The summed E-state index contributed by atoms with van der Waals surface area (Å²) in [7, 11) is 0. The maximum atomic E-state index is 13.4. The number of benzene rings is 2. The summed E-state index contributed by atoms with van der Waals surface area (Å²) < 4.78 is 24.0. The highest BCUT2D eigenvalue weighted by atomic mass is 19.1. The molecule has 0 radical (unpaired) electrons. The first-order chi connectivity index (χ1) is 11.5. The summed E-state index contributed by atoms with van der Waals surface area (Å²) in [6.45, 7) is 5.08. The Kier molecular flexibility index (Phi) is 6.61. The van der Waals surface area contributed by atoms with Crippen LogP contribution in [-0.4, -0.2) is 12.7 Å². The molecule has 2 aromatic carbocycles. The Labute approximate surface area is 141 Å². The van der Waals surface area contributed by atoms with E-state index in [0.717, 1.165) is 11.3 Å². The van der Waals surface area contributed by atoms with Crippen molar-refractivity contribution >= 4 is 6.09 Å². The van der Waals surface area contributed by atoms with Gasteiger partial charge < -0.3 is 14.8 Å². The Balaban J connectivity index is 1.74. The van der Waals surface area contributed by atoms with Gasteiger partial charge in [0.15, 0.2) is 0 Å². The van der Waals surface area contributed by atoms with Crippen LogP contribution < -0.4 is 10.1 Å². The summed E-state index contributed by atoms with van der Waals surface area (Å²) >= 11 is 0. The highest BCUT2D eigenvalue weighted by Gasteiger charge is 2.06. The van der Waals surface area contributed by atoms with Crippen molar-refractivity contribution in [3.63, 3.8) is 0 Å².